The number of fused-ring (bicyclic) bond motifs is 1. The predicted molar refractivity (Wildman–Crippen MR) is 100 cm³/mol. The minimum absolute atomic E-state index is 0.0946. The standard InChI is InChI=1S/C18H20N4O2S/c1-12-9-15-16(21-11-22-18(15)25-12)20-10-13-3-5-14(6-4-13)17(23)19-7-8-24-2/h3-6,9,11H,7-8,10H2,1-2H3,(H,19,23)(H,20,21,22). The quantitative estimate of drug-likeness (QED) is 0.637. The molecular formula is C18H20N4O2S. The van der Waals surface area contributed by atoms with Crippen LogP contribution < -0.4 is 10.6 Å². The molecule has 1 amide bonds. The van der Waals surface area contributed by atoms with Crippen molar-refractivity contribution in [1.29, 1.82) is 0 Å². The van der Waals surface area contributed by atoms with Crippen molar-refractivity contribution in [1.82, 2.24) is 15.3 Å². The van der Waals surface area contributed by atoms with Crippen LogP contribution in [0.1, 0.15) is 20.8 Å². The van der Waals surface area contributed by atoms with Crippen molar-refractivity contribution in [2.45, 2.75) is 13.5 Å². The summed E-state index contributed by atoms with van der Waals surface area (Å²) in [5, 5.41) is 7.19. The lowest BCUT2D eigenvalue weighted by Crippen LogP contribution is -2.26. The van der Waals surface area contributed by atoms with Gasteiger partial charge in [0, 0.05) is 30.6 Å². The molecule has 0 bridgehead atoms. The third-order valence-electron chi connectivity index (χ3n) is 3.72. The molecule has 2 N–H and O–H groups in total. The van der Waals surface area contributed by atoms with E-state index in [1.54, 1.807) is 24.8 Å². The zero-order chi connectivity index (χ0) is 17.6. The minimum atomic E-state index is -0.0946. The molecule has 7 heteroatoms. The first-order chi connectivity index (χ1) is 12.2. The fourth-order valence-electron chi connectivity index (χ4n) is 2.45. The molecule has 0 saturated heterocycles. The molecule has 0 aliphatic carbocycles. The van der Waals surface area contributed by atoms with Crippen LogP contribution in [0, 0.1) is 6.92 Å². The number of carbonyl (C=O) groups excluding carboxylic acids is 1. The molecule has 0 unspecified atom stereocenters. The average molecular weight is 356 g/mol. The highest BCUT2D eigenvalue weighted by molar-refractivity contribution is 7.18. The summed E-state index contributed by atoms with van der Waals surface area (Å²) in [5.41, 5.74) is 1.71. The summed E-state index contributed by atoms with van der Waals surface area (Å²) in [7, 11) is 1.61. The molecule has 0 saturated carbocycles. The van der Waals surface area contributed by atoms with Crippen LogP contribution in [-0.4, -0.2) is 36.1 Å². The maximum absolute atomic E-state index is 12.0. The molecule has 0 aliphatic heterocycles. The van der Waals surface area contributed by atoms with Gasteiger partial charge in [0.25, 0.3) is 5.91 Å². The number of hydrogen-bond acceptors (Lipinski definition) is 6. The van der Waals surface area contributed by atoms with E-state index in [1.807, 2.05) is 24.3 Å². The van der Waals surface area contributed by atoms with E-state index in [0.29, 0.717) is 25.3 Å². The van der Waals surface area contributed by atoms with E-state index in [0.717, 1.165) is 21.6 Å². The third-order valence-corrected chi connectivity index (χ3v) is 4.68. The molecule has 3 aromatic rings. The molecule has 130 valence electrons. The molecule has 0 aliphatic rings. The Morgan fingerprint density at radius 1 is 1.24 bits per heavy atom. The van der Waals surface area contributed by atoms with E-state index >= 15 is 0 Å². The molecule has 1 aromatic carbocycles. The highest BCUT2D eigenvalue weighted by atomic mass is 32.1. The molecular weight excluding hydrogens is 336 g/mol. The van der Waals surface area contributed by atoms with Gasteiger partial charge in [-0.2, -0.15) is 0 Å². The molecule has 0 spiro atoms. The van der Waals surface area contributed by atoms with Crippen LogP contribution in [0.2, 0.25) is 0 Å². The summed E-state index contributed by atoms with van der Waals surface area (Å²) < 4.78 is 4.92. The number of ether oxygens (including phenoxy) is 1. The molecule has 0 radical (unpaired) electrons. The number of thiophene rings is 1. The van der Waals surface area contributed by atoms with Gasteiger partial charge in [-0.25, -0.2) is 9.97 Å². The second kappa shape index (κ2) is 8.04. The first kappa shape index (κ1) is 17.3. The van der Waals surface area contributed by atoms with Gasteiger partial charge in [0.1, 0.15) is 17.0 Å². The summed E-state index contributed by atoms with van der Waals surface area (Å²) in [5.74, 6) is 0.735. The van der Waals surface area contributed by atoms with Crippen LogP contribution in [0.4, 0.5) is 5.82 Å². The number of nitrogens with zero attached hydrogens (tertiary/aromatic N) is 2. The second-order valence-corrected chi connectivity index (χ2v) is 6.83. The van der Waals surface area contributed by atoms with E-state index in [1.165, 1.54) is 4.88 Å². The number of rotatable bonds is 7. The Morgan fingerprint density at radius 2 is 2.04 bits per heavy atom. The van der Waals surface area contributed by atoms with Crippen molar-refractivity contribution in [3.63, 3.8) is 0 Å². The number of benzene rings is 1. The summed E-state index contributed by atoms with van der Waals surface area (Å²) in [6.07, 6.45) is 1.58. The lowest BCUT2D eigenvalue weighted by Gasteiger charge is -2.08. The molecule has 0 atom stereocenters. The maximum Gasteiger partial charge on any atom is 0.251 e. The highest BCUT2D eigenvalue weighted by Gasteiger charge is 2.07. The van der Waals surface area contributed by atoms with Gasteiger partial charge in [-0.3, -0.25) is 4.79 Å². The van der Waals surface area contributed by atoms with Gasteiger partial charge in [-0.1, -0.05) is 12.1 Å². The molecule has 2 heterocycles. The monoisotopic (exact) mass is 356 g/mol. The van der Waals surface area contributed by atoms with Crippen molar-refractivity contribution in [3.05, 3.63) is 52.7 Å². The van der Waals surface area contributed by atoms with Gasteiger partial charge in [0.05, 0.1) is 12.0 Å². The number of amides is 1. The van der Waals surface area contributed by atoms with Crippen molar-refractivity contribution in [2.24, 2.45) is 0 Å². The normalized spacial score (nSPS) is 10.8. The lowest BCUT2D eigenvalue weighted by atomic mass is 10.1. The summed E-state index contributed by atoms with van der Waals surface area (Å²) in [6.45, 7) is 3.70. The molecule has 2 aromatic heterocycles. The fraction of sp³-hybridized carbons (Fsp3) is 0.278. The van der Waals surface area contributed by atoms with Gasteiger partial charge >= 0.3 is 0 Å². The second-order valence-electron chi connectivity index (χ2n) is 5.60. The topological polar surface area (TPSA) is 76.1 Å². The number of carbonyl (C=O) groups is 1. The van der Waals surface area contributed by atoms with Gasteiger partial charge in [0.15, 0.2) is 0 Å². The zero-order valence-corrected chi connectivity index (χ0v) is 15.0. The maximum atomic E-state index is 12.0. The highest BCUT2D eigenvalue weighted by Crippen LogP contribution is 2.27. The number of methoxy groups -OCH3 is 1. The largest absolute Gasteiger partial charge is 0.383 e. The first-order valence-electron chi connectivity index (χ1n) is 7.98. The molecule has 6 nitrogen and oxygen atoms in total. The molecule has 25 heavy (non-hydrogen) atoms. The Morgan fingerprint density at radius 3 is 2.80 bits per heavy atom. The number of hydrogen-bond donors (Lipinski definition) is 2. The van der Waals surface area contributed by atoms with E-state index in [9.17, 15) is 4.79 Å². The Balaban J connectivity index is 1.62. The third kappa shape index (κ3) is 4.32. The number of anilines is 1. The van der Waals surface area contributed by atoms with Crippen LogP contribution >= 0.6 is 11.3 Å². The van der Waals surface area contributed by atoms with Crippen LogP contribution in [0.5, 0.6) is 0 Å². The summed E-state index contributed by atoms with van der Waals surface area (Å²) in [4.78, 5) is 22.8. The minimum Gasteiger partial charge on any atom is -0.383 e. The summed E-state index contributed by atoms with van der Waals surface area (Å²) >= 11 is 1.66. The number of aromatic nitrogens is 2. The van der Waals surface area contributed by atoms with Crippen LogP contribution in [0.15, 0.2) is 36.7 Å². The van der Waals surface area contributed by atoms with Crippen molar-refractivity contribution in [2.75, 3.05) is 25.6 Å². The van der Waals surface area contributed by atoms with Crippen LogP contribution in [-0.2, 0) is 11.3 Å². The van der Waals surface area contributed by atoms with E-state index in [-0.39, 0.29) is 5.91 Å². The van der Waals surface area contributed by atoms with Crippen molar-refractivity contribution in [3.8, 4) is 0 Å². The molecule has 3 rings (SSSR count). The SMILES string of the molecule is COCCNC(=O)c1ccc(CNc2ncnc3sc(C)cc23)cc1. The Hall–Kier alpha value is -2.51. The Bertz CT molecular complexity index is 861. The number of nitrogens with one attached hydrogen (secondary N) is 2. The van der Waals surface area contributed by atoms with Gasteiger partial charge < -0.3 is 15.4 Å². The zero-order valence-electron chi connectivity index (χ0n) is 14.2. The average Bonchev–Trinajstić information content (AvgIpc) is 3.01. The van der Waals surface area contributed by atoms with E-state index < -0.39 is 0 Å². The van der Waals surface area contributed by atoms with Crippen LogP contribution in [0.25, 0.3) is 10.2 Å². The first-order valence-corrected chi connectivity index (χ1v) is 8.80. The Labute approximate surface area is 150 Å². The van der Waals surface area contributed by atoms with Crippen LogP contribution in [0.3, 0.4) is 0 Å². The van der Waals surface area contributed by atoms with E-state index in [2.05, 4.69) is 33.6 Å². The van der Waals surface area contributed by atoms with E-state index in [4.69, 9.17) is 4.74 Å². The predicted octanol–water partition coefficient (Wildman–Crippen LogP) is 2.99. The van der Waals surface area contributed by atoms with Gasteiger partial charge in [0.2, 0.25) is 0 Å². The molecule has 0 fully saturated rings. The van der Waals surface area contributed by atoms with Gasteiger partial charge in [-0.15, -0.1) is 11.3 Å². The number of aryl methyl sites for hydroxylation is 1. The summed E-state index contributed by atoms with van der Waals surface area (Å²) in [6, 6.07) is 9.62. The van der Waals surface area contributed by atoms with Crippen molar-refractivity contribution < 1.29 is 9.53 Å². The van der Waals surface area contributed by atoms with Gasteiger partial charge in [-0.05, 0) is 30.7 Å². The Kier molecular flexibility index (Phi) is 5.57. The lowest BCUT2D eigenvalue weighted by molar-refractivity contribution is 0.0937. The van der Waals surface area contributed by atoms with Crippen molar-refractivity contribution >= 4 is 33.3 Å². The smallest absolute Gasteiger partial charge is 0.251 e. The fourth-order valence-corrected chi connectivity index (χ4v) is 3.29.